The number of ether oxygens (including phenoxy) is 1. The highest BCUT2D eigenvalue weighted by molar-refractivity contribution is 6.03. The second-order valence-corrected chi connectivity index (χ2v) is 6.98. The first-order valence-electron chi connectivity index (χ1n) is 9.86. The summed E-state index contributed by atoms with van der Waals surface area (Å²) in [7, 11) is 0. The molecule has 6 nitrogen and oxygen atoms in total. The van der Waals surface area contributed by atoms with Crippen LogP contribution in [-0.4, -0.2) is 15.5 Å². The first-order chi connectivity index (χ1) is 15.3. The van der Waals surface area contributed by atoms with Crippen LogP contribution in [0.3, 0.4) is 0 Å². The van der Waals surface area contributed by atoms with Crippen LogP contribution in [0.5, 0.6) is 5.75 Å². The van der Waals surface area contributed by atoms with Crippen molar-refractivity contribution in [2.45, 2.75) is 6.61 Å². The van der Waals surface area contributed by atoms with Gasteiger partial charge in [0.2, 0.25) is 0 Å². The maximum atomic E-state index is 12.7. The Morgan fingerprint density at radius 2 is 1.71 bits per heavy atom. The summed E-state index contributed by atoms with van der Waals surface area (Å²) >= 11 is 0. The number of furan rings is 1. The molecule has 0 aliphatic carbocycles. The zero-order valence-corrected chi connectivity index (χ0v) is 16.6. The van der Waals surface area contributed by atoms with Crippen LogP contribution in [0.4, 0.5) is 5.69 Å². The minimum Gasteiger partial charge on any atom is -0.489 e. The largest absolute Gasteiger partial charge is 0.489 e. The third kappa shape index (κ3) is 3.91. The molecule has 5 rings (SSSR count). The molecule has 1 amide bonds. The van der Waals surface area contributed by atoms with Crippen molar-refractivity contribution in [3.8, 4) is 11.4 Å². The van der Waals surface area contributed by atoms with Gasteiger partial charge in [-0.2, -0.15) is 0 Å². The highest BCUT2D eigenvalue weighted by Gasteiger charge is 2.16. The van der Waals surface area contributed by atoms with E-state index in [0.29, 0.717) is 11.3 Å². The molecule has 0 aliphatic rings. The van der Waals surface area contributed by atoms with Gasteiger partial charge in [0.05, 0.1) is 17.3 Å². The molecule has 2 heterocycles. The average molecular weight is 409 g/mol. The number of benzene rings is 3. The van der Waals surface area contributed by atoms with Crippen LogP contribution >= 0.6 is 0 Å². The lowest BCUT2D eigenvalue weighted by molar-refractivity contribution is 0.0993. The molecule has 0 atom stereocenters. The van der Waals surface area contributed by atoms with E-state index in [1.165, 1.54) is 6.26 Å². The number of carbonyl (C=O) groups is 1. The predicted molar refractivity (Wildman–Crippen MR) is 119 cm³/mol. The first kappa shape index (κ1) is 18.7. The van der Waals surface area contributed by atoms with Gasteiger partial charge in [-0.3, -0.25) is 9.36 Å². The van der Waals surface area contributed by atoms with Gasteiger partial charge in [0, 0.05) is 16.9 Å². The maximum Gasteiger partial charge on any atom is 0.291 e. The molecule has 0 saturated carbocycles. The Balaban J connectivity index is 1.29. The van der Waals surface area contributed by atoms with E-state index in [1.54, 1.807) is 12.4 Å². The number of nitrogens with zero attached hydrogens (tertiary/aromatic N) is 2. The molecule has 0 unspecified atom stereocenters. The summed E-state index contributed by atoms with van der Waals surface area (Å²) < 4.78 is 13.2. The molecule has 0 bridgehead atoms. The molecular weight excluding hydrogens is 390 g/mol. The van der Waals surface area contributed by atoms with Crippen molar-refractivity contribution >= 4 is 22.6 Å². The fourth-order valence-corrected chi connectivity index (χ4v) is 3.38. The lowest BCUT2D eigenvalue weighted by atomic mass is 10.2. The summed E-state index contributed by atoms with van der Waals surface area (Å²) in [4.78, 5) is 17.1. The van der Waals surface area contributed by atoms with Crippen LogP contribution in [0.2, 0.25) is 0 Å². The van der Waals surface area contributed by atoms with E-state index in [-0.39, 0.29) is 18.3 Å². The zero-order valence-electron chi connectivity index (χ0n) is 16.6. The number of anilines is 1. The van der Waals surface area contributed by atoms with E-state index in [0.717, 1.165) is 22.5 Å². The highest BCUT2D eigenvalue weighted by atomic mass is 16.5. The summed E-state index contributed by atoms with van der Waals surface area (Å²) in [5.74, 6) is 0.649. The van der Waals surface area contributed by atoms with Gasteiger partial charge in [0.25, 0.3) is 5.91 Å². The molecule has 2 aromatic heterocycles. The van der Waals surface area contributed by atoms with E-state index >= 15 is 0 Å². The summed E-state index contributed by atoms with van der Waals surface area (Å²) in [5, 5.41) is 2.88. The van der Waals surface area contributed by atoms with Crippen molar-refractivity contribution in [3.63, 3.8) is 0 Å². The van der Waals surface area contributed by atoms with Crippen molar-refractivity contribution < 1.29 is 13.9 Å². The second-order valence-electron chi connectivity index (χ2n) is 6.98. The van der Waals surface area contributed by atoms with Gasteiger partial charge in [-0.15, -0.1) is 0 Å². The molecule has 0 fully saturated rings. The number of amides is 1. The molecular formula is C25H19N3O3. The molecule has 0 spiro atoms. The van der Waals surface area contributed by atoms with Crippen molar-refractivity contribution in [3.05, 3.63) is 109 Å². The number of imidazole rings is 1. The van der Waals surface area contributed by atoms with Gasteiger partial charge in [0.15, 0.2) is 5.76 Å². The monoisotopic (exact) mass is 409 g/mol. The van der Waals surface area contributed by atoms with Gasteiger partial charge in [-0.1, -0.05) is 30.3 Å². The number of fused-ring (bicyclic) bond motifs is 1. The predicted octanol–water partition coefficient (Wildman–Crippen LogP) is 5.45. The van der Waals surface area contributed by atoms with Crippen LogP contribution in [0.1, 0.15) is 16.1 Å². The lowest BCUT2D eigenvalue weighted by Gasteiger charge is -2.09. The molecule has 3 aromatic carbocycles. The van der Waals surface area contributed by atoms with Gasteiger partial charge >= 0.3 is 0 Å². The van der Waals surface area contributed by atoms with Crippen LogP contribution in [0, 0.1) is 0 Å². The van der Waals surface area contributed by atoms with Crippen LogP contribution in [0.25, 0.3) is 16.7 Å². The lowest BCUT2D eigenvalue weighted by Crippen LogP contribution is -2.13. The van der Waals surface area contributed by atoms with E-state index in [1.807, 2.05) is 83.4 Å². The first-order valence-corrected chi connectivity index (χ1v) is 9.86. The minimum atomic E-state index is -0.322. The molecule has 6 heteroatoms. The second kappa shape index (κ2) is 8.20. The van der Waals surface area contributed by atoms with Gasteiger partial charge in [-0.25, -0.2) is 4.98 Å². The number of para-hydroxylation sites is 3. The maximum absolute atomic E-state index is 12.7. The number of nitrogens with one attached hydrogen (secondary N) is 1. The van der Waals surface area contributed by atoms with Gasteiger partial charge in [0.1, 0.15) is 18.7 Å². The number of hydrogen-bond acceptors (Lipinski definition) is 4. The Hall–Kier alpha value is -4.32. The SMILES string of the molecule is O=C(Nc1ccc(-n2cnc3ccccc32)cc1)c1occc1COc1ccccc1. The Kier molecular flexibility index (Phi) is 4.94. The summed E-state index contributed by atoms with van der Waals surface area (Å²) in [6.07, 6.45) is 3.28. The highest BCUT2D eigenvalue weighted by Crippen LogP contribution is 2.21. The third-order valence-electron chi connectivity index (χ3n) is 4.95. The molecule has 0 radical (unpaired) electrons. The van der Waals surface area contributed by atoms with Crippen molar-refractivity contribution in [2.75, 3.05) is 5.32 Å². The van der Waals surface area contributed by atoms with E-state index < -0.39 is 0 Å². The normalized spacial score (nSPS) is 10.8. The van der Waals surface area contributed by atoms with Crippen molar-refractivity contribution in [1.29, 1.82) is 0 Å². The van der Waals surface area contributed by atoms with Gasteiger partial charge in [-0.05, 0) is 54.6 Å². The average Bonchev–Trinajstić information content (AvgIpc) is 3.46. The fraction of sp³-hybridized carbons (Fsp3) is 0.0400. The van der Waals surface area contributed by atoms with Crippen LogP contribution in [0.15, 0.2) is 102 Å². The topological polar surface area (TPSA) is 69.3 Å². The summed E-state index contributed by atoms with van der Waals surface area (Å²) in [6.45, 7) is 0.246. The van der Waals surface area contributed by atoms with E-state index in [4.69, 9.17) is 9.15 Å². The molecule has 0 aliphatic heterocycles. The fourth-order valence-electron chi connectivity index (χ4n) is 3.38. The molecule has 152 valence electrons. The molecule has 1 N–H and O–H groups in total. The number of aromatic nitrogens is 2. The zero-order chi connectivity index (χ0) is 21.0. The number of rotatable bonds is 6. The standard InChI is InChI=1S/C25H19N3O3/c29-25(24-18(14-15-30-24)16-31-21-6-2-1-3-7-21)27-19-10-12-20(13-11-19)28-17-26-22-8-4-5-9-23(22)28/h1-15,17H,16H2,(H,27,29). The Morgan fingerprint density at radius 3 is 2.55 bits per heavy atom. The van der Waals surface area contributed by atoms with Gasteiger partial charge < -0.3 is 14.5 Å². The van der Waals surface area contributed by atoms with Crippen LogP contribution in [-0.2, 0) is 6.61 Å². The number of carbonyl (C=O) groups excluding carboxylic acids is 1. The third-order valence-corrected chi connectivity index (χ3v) is 4.95. The summed E-state index contributed by atoms with van der Waals surface area (Å²) in [6, 6.07) is 26.7. The molecule has 0 saturated heterocycles. The smallest absolute Gasteiger partial charge is 0.291 e. The van der Waals surface area contributed by atoms with Crippen molar-refractivity contribution in [2.24, 2.45) is 0 Å². The van der Waals surface area contributed by atoms with E-state index in [9.17, 15) is 4.79 Å². The quantitative estimate of drug-likeness (QED) is 0.405. The molecule has 31 heavy (non-hydrogen) atoms. The summed E-state index contributed by atoms with van der Waals surface area (Å²) in [5.41, 5.74) is 4.27. The van der Waals surface area contributed by atoms with E-state index in [2.05, 4.69) is 10.3 Å². The Labute approximate surface area is 178 Å². The Morgan fingerprint density at radius 1 is 0.935 bits per heavy atom. The van der Waals surface area contributed by atoms with Crippen molar-refractivity contribution in [1.82, 2.24) is 9.55 Å². The Bertz CT molecular complexity index is 1320. The molecule has 5 aromatic rings. The van der Waals surface area contributed by atoms with Crippen LogP contribution < -0.4 is 10.1 Å². The number of hydrogen-bond donors (Lipinski definition) is 1. The minimum absolute atomic E-state index is 0.237.